The van der Waals surface area contributed by atoms with E-state index >= 15 is 0 Å². The summed E-state index contributed by atoms with van der Waals surface area (Å²) in [5.41, 5.74) is 7.06. The quantitative estimate of drug-likeness (QED) is 0.195. The van der Waals surface area contributed by atoms with E-state index in [1.54, 1.807) is 12.4 Å². The molecule has 5 heteroatoms. The monoisotopic (exact) mass is 563 g/mol. The topological polar surface area (TPSA) is 64.5 Å². The molecule has 0 radical (unpaired) electrons. The Morgan fingerprint density at radius 1 is 0.295 bits per heavy atom. The minimum atomic E-state index is 0.508. The van der Waals surface area contributed by atoms with Crippen LogP contribution in [0.2, 0.25) is 0 Å². The Balaban J connectivity index is 1.30. The highest BCUT2D eigenvalue weighted by atomic mass is 15.1. The first-order valence-corrected chi connectivity index (χ1v) is 14.5. The highest BCUT2D eigenvalue weighted by Gasteiger charge is 2.17. The third-order valence-corrected chi connectivity index (χ3v) is 7.85. The molecule has 0 aliphatic heterocycles. The fourth-order valence-electron chi connectivity index (χ4n) is 5.87. The van der Waals surface area contributed by atoms with Crippen molar-refractivity contribution in [3.05, 3.63) is 152 Å². The molecule has 8 rings (SSSR count). The Labute approximate surface area is 254 Å². The fraction of sp³-hybridized carbons (Fsp3) is 0. The SMILES string of the molecule is c1ccc(-c2c3ccccc3c(-c3ccc(-c4nc(-c5ccccn5)nc(-c5ccccn5)n4)cc3)c3ccccc23)cc1. The maximum Gasteiger partial charge on any atom is 0.182 e. The van der Waals surface area contributed by atoms with Gasteiger partial charge < -0.3 is 0 Å². The lowest BCUT2D eigenvalue weighted by Gasteiger charge is -2.17. The van der Waals surface area contributed by atoms with Gasteiger partial charge in [-0.3, -0.25) is 9.97 Å². The summed E-state index contributed by atoms with van der Waals surface area (Å²) in [5.74, 6) is 1.59. The van der Waals surface area contributed by atoms with Crippen LogP contribution in [-0.4, -0.2) is 24.9 Å². The summed E-state index contributed by atoms with van der Waals surface area (Å²) >= 11 is 0. The van der Waals surface area contributed by atoms with Crippen molar-refractivity contribution in [2.24, 2.45) is 0 Å². The molecule has 0 saturated heterocycles. The van der Waals surface area contributed by atoms with Crippen LogP contribution in [0.15, 0.2) is 152 Å². The highest BCUT2D eigenvalue weighted by Crippen LogP contribution is 2.43. The van der Waals surface area contributed by atoms with Crippen molar-refractivity contribution < 1.29 is 0 Å². The summed E-state index contributed by atoms with van der Waals surface area (Å²) in [6, 6.07) is 48.0. The summed E-state index contributed by atoms with van der Waals surface area (Å²) in [5, 5.41) is 4.89. The average molecular weight is 564 g/mol. The molecule has 3 aromatic heterocycles. The van der Waals surface area contributed by atoms with Gasteiger partial charge in [0.05, 0.1) is 0 Å². The molecule has 206 valence electrons. The summed E-state index contributed by atoms with van der Waals surface area (Å²) in [6.45, 7) is 0. The first-order chi connectivity index (χ1) is 21.8. The normalized spacial score (nSPS) is 11.2. The van der Waals surface area contributed by atoms with Gasteiger partial charge in [0.1, 0.15) is 11.4 Å². The Morgan fingerprint density at radius 2 is 0.682 bits per heavy atom. The Kier molecular flexibility index (Phi) is 6.39. The molecule has 0 amide bonds. The largest absolute Gasteiger partial charge is 0.253 e. The van der Waals surface area contributed by atoms with Gasteiger partial charge in [-0.2, -0.15) is 0 Å². The second-order valence-electron chi connectivity index (χ2n) is 10.5. The van der Waals surface area contributed by atoms with Crippen molar-refractivity contribution in [3.8, 4) is 56.7 Å². The summed E-state index contributed by atoms with van der Waals surface area (Å²) < 4.78 is 0. The first-order valence-electron chi connectivity index (χ1n) is 14.5. The zero-order chi connectivity index (χ0) is 29.3. The number of hydrogen-bond donors (Lipinski definition) is 0. The van der Waals surface area contributed by atoms with Gasteiger partial charge in [-0.05, 0) is 68.1 Å². The number of aromatic nitrogens is 5. The van der Waals surface area contributed by atoms with Crippen molar-refractivity contribution in [1.29, 1.82) is 0 Å². The number of fused-ring (bicyclic) bond motifs is 2. The Morgan fingerprint density at radius 3 is 1.14 bits per heavy atom. The zero-order valence-electron chi connectivity index (χ0n) is 23.7. The van der Waals surface area contributed by atoms with E-state index in [0.29, 0.717) is 28.9 Å². The Bertz CT molecular complexity index is 2140. The molecule has 5 aromatic carbocycles. The van der Waals surface area contributed by atoms with E-state index in [0.717, 1.165) is 11.1 Å². The van der Waals surface area contributed by atoms with Crippen molar-refractivity contribution >= 4 is 21.5 Å². The molecular weight excluding hydrogens is 538 g/mol. The first kappa shape index (κ1) is 25.6. The van der Waals surface area contributed by atoms with Gasteiger partial charge in [0.25, 0.3) is 0 Å². The molecule has 5 nitrogen and oxygen atoms in total. The molecule has 0 fully saturated rings. The predicted molar refractivity (Wildman–Crippen MR) is 178 cm³/mol. The van der Waals surface area contributed by atoms with Crippen molar-refractivity contribution in [2.75, 3.05) is 0 Å². The van der Waals surface area contributed by atoms with E-state index in [1.807, 2.05) is 36.4 Å². The summed E-state index contributed by atoms with van der Waals surface area (Å²) in [6.07, 6.45) is 3.48. The summed E-state index contributed by atoms with van der Waals surface area (Å²) in [7, 11) is 0. The highest BCUT2D eigenvalue weighted by molar-refractivity contribution is 6.21. The van der Waals surface area contributed by atoms with E-state index in [-0.39, 0.29) is 0 Å². The molecule has 0 spiro atoms. The summed E-state index contributed by atoms with van der Waals surface area (Å²) in [4.78, 5) is 23.4. The molecule has 0 aliphatic carbocycles. The molecule has 3 heterocycles. The smallest absolute Gasteiger partial charge is 0.182 e. The lowest BCUT2D eigenvalue weighted by molar-refractivity contribution is 1.05. The van der Waals surface area contributed by atoms with E-state index in [1.165, 1.54) is 38.2 Å². The number of benzene rings is 5. The number of hydrogen-bond acceptors (Lipinski definition) is 5. The van der Waals surface area contributed by atoms with Crippen LogP contribution in [0.5, 0.6) is 0 Å². The van der Waals surface area contributed by atoms with Gasteiger partial charge in [0.2, 0.25) is 0 Å². The standard InChI is InChI=1S/C39H25N5/c1-2-12-26(13-3-1)35-29-14-4-6-16-31(29)36(32-17-7-5-15-30(32)35)27-20-22-28(23-21-27)37-42-38(33-18-8-10-24-40-33)44-39(43-37)34-19-9-11-25-41-34/h1-25H. The minimum absolute atomic E-state index is 0.508. The molecular formula is C39H25N5. The van der Waals surface area contributed by atoms with Crippen molar-refractivity contribution in [3.63, 3.8) is 0 Å². The lowest BCUT2D eigenvalue weighted by Crippen LogP contribution is -2.01. The predicted octanol–water partition coefficient (Wildman–Crippen LogP) is 9.30. The van der Waals surface area contributed by atoms with Crippen molar-refractivity contribution in [2.45, 2.75) is 0 Å². The van der Waals surface area contributed by atoms with Gasteiger partial charge in [-0.15, -0.1) is 0 Å². The van der Waals surface area contributed by atoms with Gasteiger partial charge in [0.15, 0.2) is 17.5 Å². The maximum atomic E-state index is 4.83. The maximum absolute atomic E-state index is 4.83. The second kappa shape index (κ2) is 11.0. The lowest BCUT2D eigenvalue weighted by atomic mass is 9.86. The number of nitrogens with zero attached hydrogens (tertiary/aromatic N) is 5. The van der Waals surface area contributed by atoms with Crippen LogP contribution in [0.4, 0.5) is 0 Å². The van der Waals surface area contributed by atoms with Crippen LogP contribution in [0, 0.1) is 0 Å². The van der Waals surface area contributed by atoms with Gasteiger partial charge in [-0.25, -0.2) is 15.0 Å². The van der Waals surface area contributed by atoms with E-state index in [4.69, 9.17) is 15.0 Å². The van der Waals surface area contributed by atoms with Crippen LogP contribution in [0.3, 0.4) is 0 Å². The molecule has 44 heavy (non-hydrogen) atoms. The van der Waals surface area contributed by atoms with Crippen molar-refractivity contribution in [1.82, 2.24) is 24.9 Å². The van der Waals surface area contributed by atoms with Crippen LogP contribution in [0.25, 0.3) is 78.2 Å². The average Bonchev–Trinajstić information content (AvgIpc) is 3.11. The minimum Gasteiger partial charge on any atom is -0.253 e. The molecule has 0 aliphatic rings. The van der Waals surface area contributed by atoms with Gasteiger partial charge >= 0.3 is 0 Å². The Hall–Kier alpha value is -6.07. The fourth-order valence-corrected chi connectivity index (χ4v) is 5.87. The van der Waals surface area contributed by atoms with E-state index in [2.05, 4.69) is 113 Å². The number of rotatable bonds is 5. The zero-order valence-corrected chi connectivity index (χ0v) is 23.7. The molecule has 0 atom stereocenters. The van der Waals surface area contributed by atoms with Crippen LogP contribution in [-0.2, 0) is 0 Å². The molecule has 0 saturated carbocycles. The second-order valence-corrected chi connectivity index (χ2v) is 10.5. The molecule has 8 aromatic rings. The van der Waals surface area contributed by atoms with E-state index < -0.39 is 0 Å². The third-order valence-electron chi connectivity index (χ3n) is 7.85. The van der Waals surface area contributed by atoms with E-state index in [9.17, 15) is 0 Å². The van der Waals surface area contributed by atoms with Crippen LogP contribution < -0.4 is 0 Å². The van der Waals surface area contributed by atoms with Gasteiger partial charge in [-0.1, -0.05) is 115 Å². The molecule has 0 bridgehead atoms. The molecule has 0 N–H and O–H groups in total. The van der Waals surface area contributed by atoms with Crippen LogP contribution >= 0.6 is 0 Å². The van der Waals surface area contributed by atoms with Gasteiger partial charge in [0, 0.05) is 18.0 Å². The van der Waals surface area contributed by atoms with Crippen LogP contribution in [0.1, 0.15) is 0 Å². The molecule has 0 unspecified atom stereocenters. The number of pyridine rings is 2. The third kappa shape index (κ3) is 4.57.